The minimum Gasteiger partial charge on any atom is -0.348 e. The van der Waals surface area contributed by atoms with Crippen molar-refractivity contribution in [1.82, 2.24) is 5.32 Å². The van der Waals surface area contributed by atoms with Gasteiger partial charge in [0.15, 0.2) is 0 Å². The number of carbonyl (C=O) groups is 1. The number of rotatable bonds is 6. The topological polar surface area (TPSA) is 55.1 Å². The fourth-order valence-electron chi connectivity index (χ4n) is 1.03. The third-order valence-corrected chi connectivity index (χ3v) is 1.88. The zero-order valence-electron chi connectivity index (χ0n) is 9.14. The number of nitrogens with one attached hydrogen (secondary N) is 1. The molecule has 0 aliphatic carbocycles. The maximum Gasteiger partial charge on any atom is 0.324 e. The number of hydrogen-bond donors (Lipinski definition) is 2. The molecule has 3 N–H and O–H groups in total. The van der Waals surface area contributed by atoms with Gasteiger partial charge in [-0.15, -0.1) is 0 Å². The van der Waals surface area contributed by atoms with Crippen molar-refractivity contribution in [1.29, 1.82) is 0 Å². The Morgan fingerprint density at radius 2 is 1.88 bits per heavy atom. The first-order valence-electron chi connectivity index (χ1n) is 4.86. The molecule has 0 aliphatic heterocycles. The highest BCUT2D eigenvalue weighted by atomic mass is 19.3. The number of nitrogens with two attached hydrogens (primary N) is 1. The fourth-order valence-corrected chi connectivity index (χ4v) is 1.03. The Morgan fingerprint density at radius 3 is 2.25 bits per heavy atom. The predicted octanol–water partition coefficient (Wildman–Crippen LogP) is 1.38. The van der Waals surface area contributed by atoms with Crippen molar-refractivity contribution in [2.45, 2.75) is 38.7 Å². The average Bonchev–Trinajstić information content (AvgIpc) is 2.12. The van der Waals surface area contributed by atoms with Gasteiger partial charge in [-0.2, -0.15) is 8.78 Å². The van der Waals surface area contributed by atoms with Crippen LogP contribution in [-0.2, 0) is 4.79 Å². The first kappa shape index (κ1) is 15.2. The highest BCUT2D eigenvalue weighted by Gasteiger charge is 2.41. The van der Waals surface area contributed by atoms with Crippen molar-refractivity contribution in [3.05, 3.63) is 0 Å². The molecule has 0 unspecified atom stereocenters. The van der Waals surface area contributed by atoms with E-state index < -0.39 is 30.8 Å². The summed E-state index contributed by atoms with van der Waals surface area (Å²) >= 11 is 0. The van der Waals surface area contributed by atoms with E-state index in [9.17, 15) is 22.4 Å². The van der Waals surface area contributed by atoms with E-state index in [0.717, 1.165) is 0 Å². The molecule has 0 saturated heterocycles. The van der Waals surface area contributed by atoms with Gasteiger partial charge in [-0.05, 0) is 12.3 Å². The molecule has 0 radical (unpaired) electrons. The number of carbonyl (C=O) groups excluding carboxylic acids is 1. The van der Waals surface area contributed by atoms with Crippen LogP contribution < -0.4 is 11.1 Å². The quantitative estimate of drug-likeness (QED) is 0.693. The van der Waals surface area contributed by atoms with E-state index in [1.54, 1.807) is 19.2 Å². The lowest BCUT2D eigenvalue weighted by atomic mass is 10.0. The summed E-state index contributed by atoms with van der Waals surface area (Å²) < 4.78 is 48.3. The highest BCUT2D eigenvalue weighted by Crippen LogP contribution is 2.21. The van der Waals surface area contributed by atoms with Gasteiger partial charge in [0.2, 0.25) is 5.91 Å². The second-order valence-corrected chi connectivity index (χ2v) is 4.02. The molecule has 3 nitrogen and oxygen atoms in total. The van der Waals surface area contributed by atoms with Gasteiger partial charge in [-0.25, -0.2) is 8.78 Å². The van der Waals surface area contributed by atoms with Crippen molar-refractivity contribution in [2.75, 3.05) is 6.54 Å². The zero-order chi connectivity index (χ0) is 12.9. The summed E-state index contributed by atoms with van der Waals surface area (Å²) in [5.41, 5.74) is 5.38. The van der Waals surface area contributed by atoms with Crippen LogP contribution in [0.2, 0.25) is 0 Å². The predicted molar refractivity (Wildman–Crippen MR) is 51.4 cm³/mol. The maximum atomic E-state index is 12.4. The van der Waals surface area contributed by atoms with E-state index in [1.807, 2.05) is 0 Å². The molecular weight excluding hydrogens is 228 g/mol. The van der Waals surface area contributed by atoms with Gasteiger partial charge in [-0.1, -0.05) is 13.8 Å². The largest absolute Gasteiger partial charge is 0.348 e. The van der Waals surface area contributed by atoms with E-state index in [0.29, 0.717) is 6.42 Å². The van der Waals surface area contributed by atoms with Gasteiger partial charge in [-0.3, -0.25) is 4.79 Å². The summed E-state index contributed by atoms with van der Waals surface area (Å²) in [6.45, 7) is 2.22. The van der Waals surface area contributed by atoms with Gasteiger partial charge in [0.25, 0.3) is 0 Å². The van der Waals surface area contributed by atoms with Crippen molar-refractivity contribution in [3.63, 3.8) is 0 Å². The van der Waals surface area contributed by atoms with Crippen LogP contribution in [0.4, 0.5) is 17.6 Å². The molecule has 1 amide bonds. The second-order valence-electron chi connectivity index (χ2n) is 4.02. The van der Waals surface area contributed by atoms with Crippen molar-refractivity contribution in [3.8, 4) is 0 Å². The lowest BCUT2D eigenvalue weighted by Crippen LogP contribution is -2.47. The first-order valence-corrected chi connectivity index (χ1v) is 4.86. The van der Waals surface area contributed by atoms with Crippen molar-refractivity contribution < 1.29 is 22.4 Å². The van der Waals surface area contributed by atoms with Gasteiger partial charge in [0.05, 0.1) is 12.6 Å². The van der Waals surface area contributed by atoms with E-state index >= 15 is 0 Å². The average molecular weight is 244 g/mol. The van der Waals surface area contributed by atoms with Crippen LogP contribution in [0.5, 0.6) is 0 Å². The Kier molecular flexibility index (Phi) is 5.71. The monoisotopic (exact) mass is 244 g/mol. The molecule has 96 valence electrons. The summed E-state index contributed by atoms with van der Waals surface area (Å²) in [6, 6.07) is -0.950. The zero-order valence-corrected chi connectivity index (χ0v) is 9.14. The Hall–Kier alpha value is -0.850. The van der Waals surface area contributed by atoms with Gasteiger partial charge in [0.1, 0.15) is 0 Å². The van der Waals surface area contributed by atoms with E-state index in [4.69, 9.17) is 5.73 Å². The summed E-state index contributed by atoms with van der Waals surface area (Å²) in [7, 11) is 0. The SMILES string of the molecule is CC(C)C[C@H](N)C(=O)NCC(F)(F)C(F)F. The summed E-state index contributed by atoms with van der Waals surface area (Å²) in [5, 5.41) is 1.72. The molecule has 0 spiro atoms. The van der Waals surface area contributed by atoms with Gasteiger partial charge in [0, 0.05) is 0 Å². The van der Waals surface area contributed by atoms with E-state index in [1.165, 1.54) is 0 Å². The molecule has 0 heterocycles. The van der Waals surface area contributed by atoms with Crippen LogP contribution >= 0.6 is 0 Å². The molecule has 0 saturated carbocycles. The molecule has 0 rings (SSSR count). The Balaban J connectivity index is 4.07. The molecular formula is C9H16F4N2O. The number of alkyl halides is 4. The van der Waals surface area contributed by atoms with Crippen molar-refractivity contribution in [2.24, 2.45) is 11.7 Å². The Morgan fingerprint density at radius 1 is 1.38 bits per heavy atom. The number of amides is 1. The molecule has 0 aromatic heterocycles. The molecule has 16 heavy (non-hydrogen) atoms. The van der Waals surface area contributed by atoms with Crippen LogP contribution in [0.15, 0.2) is 0 Å². The second kappa shape index (κ2) is 6.03. The lowest BCUT2D eigenvalue weighted by molar-refractivity contribution is -0.137. The fraction of sp³-hybridized carbons (Fsp3) is 0.889. The molecule has 0 fully saturated rings. The molecule has 0 aromatic rings. The molecule has 0 aliphatic rings. The molecule has 0 bridgehead atoms. The van der Waals surface area contributed by atoms with Crippen LogP contribution in [0.25, 0.3) is 0 Å². The Bertz CT molecular complexity index is 234. The molecule has 1 atom stereocenters. The van der Waals surface area contributed by atoms with Crippen LogP contribution in [0.1, 0.15) is 20.3 Å². The van der Waals surface area contributed by atoms with Crippen LogP contribution in [0, 0.1) is 5.92 Å². The molecule has 7 heteroatoms. The maximum absolute atomic E-state index is 12.4. The van der Waals surface area contributed by atoms with Crippen molar-refractivity contribution >= 4 is 5.91 Å². The third kappa shape index (κ3) is 5.29. The highest BCUT2D eigenvalue weighted by molar-refractivity contribution is 5.81. The third-order valence-electron chi connectivity index (χ3n) is 1.88. The summed E-state index contributed by atoms with van der Waals surface area (Å²) in [5.74, 6) is -4.93. The smallest absolute Gasteiger partial charge is 0.324 e. The first-order chi connectivity index (χ1) is 7.16. The minimum absolute atomic E-state index is 0.122. The number of hydrogen-bond acceptors (Lipinski definition) is 2. The lowest BCUT2D eigenvalue weighted by Gasteiger charge is -2.18. The summed E-state index contributed by atoms with van der Waals surface area (Å²) in [6.07, 6.45) is -3.49. The molecule has 0 aromatic carbocycles. The van der Waals surface area contributed by atoms with Gasteiger partial charge >= 0.3 is 12.3 Å². The van der Waals surface area contributed by atoms with Crippen LogP contribution in [0.3, 0.4) is 0 Å². The van der Waals surface area contributed by atoms with E-state index in [2.05, 4.69) is 0 Å². The number of halogens is 4. The van der Waals surface area contributed by atoms with Crippen LogP contribution in [-0.4, -0.2) is 30.8 Å². The van der Waals surface area contributed by atoms with Gasteiger partial charge < -0.3 is 11.1 Å². The standard InChI is InChI=1S/C9H16F4N2O/c1-5(2)3-6(14)7(16)15-4-9(12,13)8(10)11/h5-6,8H,3-4,14H2,1-2H3,(H,15,16)/t6-/m0/s1. The summed E-state index contributed by atoms with van der Waals surface area (Å²) in [4.78, 5) is 11.1. The minimum atomic E-state index is -4.22. The Labute approximate surface area is 91.4 Å². The normalized spacial score (nSPS) is 14.3. The van der Waals surface area contributed by atoms with E-state index in [-0.39, 0.29) is 5.92 Å².